The van der Waals surface area contributed by atoms with Gasteiger partial charge in [0.15, 0.2) is 0 Å². The number of nitrogens with zero attached hydrogens (tertiary/aromatic N) is 1. The molecule has 0 bridgehead atoms. The Morgan fingerprint density at radius 2 is 1.12 bits per heavy atom. The first-order chi connectivity index (χ1) is 30.3. The minimum atomic E-state index is -5.22. The van der Waals surface area contributed by atoms with Crippen LogP contribution in [0.15, 0.2) is 107 Å². The van der Waals surface area contributed by atoms with E-state index in [-0.39, 0.29) is 74.4 Å². The van der Waals surface area contributed by atoms with E-state index < -0.39 is 36.0 Å². The quantitative estimate of drug-likeness (QED) is 0.0236. The van der Waals surface area contributed by atoms with Gasteiger partial charge in [-0.2, -0.15) is 0 Å². The topological polar surface area (TPSA) is 211 Å². The van der Waals surface area contributed by atoms with Gasteiger partial charge in [0.1, 0.15) is 25.1 Å². The third kappa shape index (κ3) is 11.2. The van der Waals surface area contributed by atoms with E-state index in [9.17, 15) is 40.8 Å². The Morgan fingerprint density at radius 1 is 0.621 bits per heavy atom. The van der Waals surface area contributed by atoms with Crippen molar-refractivity contribution < 1.29 is 65.2 Å². The number of hydrogen-bond donors (Lipinski definition) is 3. The first-order valence-corrected chi connectivity index (χ1v) is 23.7. The molecule has 338 valence electrons. The van der Waals surface area contributed by atoms with E-state index in [2.05, 4.69) is 28.1 Å². The van der Waals surface area contributed by atoms with Gasteiger partial charge < -0.3 is 25.1 Å². The molecule has 0 saturated carbocycles. The van der Waals surface area contributed by atoms with Gasteiger partial charge in [-0.15, -0.1) is 0 Å². The molecule has 3 N–H and O–H groups in total. The maximum absolute atomic E-state index is 13.3. The number of rotatable bonds is 14. The molecule has 0 aliphatic heterocycles. The van der Waals surface area contributed by atoms with Crippen molar-refractivity contribution >= 4 is 60.3 Å². The van der Waals surface area contributed by atoms with E-state index in [4.69, 9.17) is 0 Å². The number of carbonyl (C=O) groups is 1. The number of nitrogens with one attached hydrogen (secondary N) is 3. The van der Waals surface area contributed by atoms with Crippen LogP contribution < -0.4 is 45.5 Å². The van der Waals surface area contributed by atoms with E-state index in [0.717, 1.165) is 50.8 Å². The summed E-state index contributed by atoms with van der Waals surface area (Å²) < 4.78 is 77.1. The summed E-state index contributed by atoms with van der Waals surface area (Å²) in [6.45, 7) is 19.1. The Balaban J connectivity index is 0.00000817. The van der Waals surface area contributed by atoms with Crippen LogP contribution in [-0.2, 0) is 20.2 Å². The molecule has 0 aliphatic carbocycles. The molecule has 0 fully saturated rings. The van der Waals surface area contributed by atoms with E-state index >= 15 is 0 Å². The zero-order valence-corrected chi connectivity index (χ0v) is 42.5. The van der Waals surface area contributed by atoms with Crippen LogP contribution in [0.1, 0.15) is 111 Å². The molecule has 0 spiro atoms. The molecule has 1 amide bonds. The molecular formula is C50H51N4NaO9S2. The van der Waals surface area contributed by atoms with Crippen LogP contribution in [0, 0.1) is 57.6 Å². The van der Waals surface area contributed by atoms with Gasteiger partial charge in [-0.05, 0) is 142 Å². The van der Waals surface area contributed by atoms with Crippen molar-refractivity contribution in [1.82, 2.24) is 0 Å². The Morgan fingerprint density at radius 3 is 1.59 bits per heavy atom. The second kappa shape index (κ2) is 20.1. The Bertz CT molecular complexity index is 3080. The fourth-order valence-corrected chi connectivity index (χ4v) is 10.1. The third-order valence-electron chi connectivity index (χ3n) is 11.4. The van der Waals surface area contributed by atoms with Gasteiger partial charge in [0.05, 0.1) is 49.5 Å². The second-order valence-corrected chi connectivity index (χ2v) is 19.7. The van der Waals surface area contributed by atoms with E-state index in [1.807, 2.05) is 79.7 Å². The van der Waals surface area contributed by atoms with Crippen LogP contribution in [0.5, 0.6) is 0 Å². The molecule has 66 heavy (non-hydrogen) atoms. The summed E-state index contributed by atoms with van der Waals surface area (Å²) in [5, 5.41) is 20.8. The molecule has 0 radical (unpaired) electrons. The van der Waals surface area contributed by atoms with Gasteiger partial charge >= 0.3 is 29.6 Å². The van der Waals surface area contributed by atoms with Crippen molar-refractivity contribution in [3.05, 3.63) is 180 Å². The number of nitro benzene ring substituents is 1. The summed E-state index contributed by atoms with van der Waals surface area (Å²) in [6.07, 6.45) is 0. The molecule has 6 rings (SSSR count). The molecule has 0 saturated heterocycles. The molecular weight excluding hydrogens is 888 g/mol. The van der Waals surface area contributed by atoms with Gasteiger partial charge in [-0.25, -0.2) is 16.8 Å². The van der Waals surface area contributed by atoms with Crippen molar-refractivity contribution in [2.75, 3.05) is 16.0 Å². The normalized spacial score (nSPS) is 11.6. The van der Waals surface area contributed by atoms with Crippen LogP contribution in [0.2, 0.25) is 0 Å². The zero-order chi connectivity index (χ0) is 47.9. The maximum atomic E-state index is 13.3. The molecule has 0 heterocycles. The van der Waals surface area contributed by atoms with Crippen molar-refractivity contribution in [2.24, 2.45) is 0 Å². The molecule has 0 atom stereocenters. The summed E-state index contributed by atoms with van der Waals surface area (Å²) >= 11 is 0. The number of nitro groups is 1. The van der Waals surface area contributed by atoms with E-state index in [0.29, 0.717) is 34.0 Å². The Kier molecular flexibility index (Phi) is 15.7. The number of aryl methyl sites for hydroxylation is 5. The fraction of sp³-hybridized carbons (Fsp3) is 0.240. The van der Waals surface area contributed by atoms with Gasteiger partial charge in [0.2, 0.25) is 0 Å². The SMILES string of the molecule is Cc1cc(C)c(Nc2ccc([C+](c3ccc(Nc4c(C)cc(C)c(S(=O)(=O)[O-])c4C)c(C(C)C)c3)c3ccc(NC(=O)c4ccc([N+](=O)[O-])cc4)cc3S(=O)(=O)[O-])cc2C(C)C)c(C)c1.[Na+]. The zero-order valence-electron chi connectivity index (χ0n) is 38.8. The van der Waals surface area contributed by atoms with Crippen molar-refractivity contribution in [3.63, 3.8) is 0 Å². The first kappa shape index (κ1) is 51.5. The monoisotopic (exact) mass is 938 g/mol. The summed E-state index contributed by atoms with van der Waals surface area (Å²) in [7, 11) is -10.0. The average molecular weight is 939 g/mol. The number of hydrogen-bond acceptors (Lipinski definition) is 11. The van der Waals surface area contributed by atoms with Gasteiger partial charge in [-0.3, -0.25) is 14.9 Å². The second-order valence-electron chi connectivity index (χ2n) is 17.0. The van der Waals surface area contributed by atoms with Crippen molar-refractivity contribution in [2.45, 2.75) is 90.9 Å². The number of amides is 1. The fourth-order valence-electron chi connectivity index (χ4n) is 8.44. The van der Waals surface area contributed by atoms with Crippen molar-refractivity contribution in [3.8, 4) is 0 Å². The molecule has 0 aliphatic rings. The molecule has 0 aromatic heterocycles. The smallest absolute Gasteiger partial charge is 0.744 e. The molecule has 6 aromatic rings. The molecule has 0 unspecified atom stereocenters. The van der Waals surface area contributed by atoms with Crippen LogP contribution in [0.3, 0.4) is 0 Å². The predicted octanol–water partition coefficient (Wildman–Crippen LogP) is 8.26. The summed E-state index contributed by atoms with van der Waals surface area (Å²) in [6, 6.07) is 26.0. The standard InChI is InChI=1S/C50H52N4O9S2.Na/c1-27(2)41-24-36(13-19-43(41)52-47-30(6)21-29(5)22-31(47)7)46(40-18-15-38(26-45(40)64(58,59)60)51-50(55)35-11-16-39(17-12-35)54(56)57)37-14-20-44(42(25-37)28(3)4)53-48-32(8)23-33(9)49(34(48)10)65(61,62)63;/h11-28,52-53H,1-10H3,(H2-,51,55,58,59,60,61,62,63);/q;+1/p-1. The third-order valence-corrected chi connectivity index (χ3v) is 13.4. The van der Waals surface area contributed by atoms with Gasteiger partial charge in [0, 0.05) is 46.3 Å². The van der Waals surface area contributed by atoms with Crippen LogP contribution >= 0.6 is 0 Å². The molecule has 6 aromatic carbocycles. The van der Waals surface area contributed by atoms with Crippen LogP contribution in [-0.4, -0.2) is 36.8 Å². The number of benzene rings is 6. The number of anilines is 5. The molecule has 16 heteroatoms. The maximum Gasteiger partial charge on any atom is 1.00 e. The minimum Gasteiger partial charge on any atom is -0.744 e. The summed E-state index contributed by atoms with van der Waals surface area (Å²) in [5.74, 6) is -0.449. The Labute approximate surface area is 409 Å². The van der Waals surface area contributed by atoms with E-state index in [1.54, 1.807) is 32.0 Å². The summed E-state index contributed by atoms with van der Waals surface area (Å²) in [4.78, 5) is 22.9. The van der Waals surface area contributed by atoms with E-state index in [1.165, 1.54) is 36.4 Å². The van der Waals surface area contributed by atoms with Crippen LogP contribution in [0.4, 0.5) is 34.1 Å². The predicted molar refractivity (Wildman–Crippen MR) is 253 cm³/mol. The first-order valence-electron chi connectivity index (χ1n) is 20.9. The summed E-state index contributed by atoms with van der Waals surface area (Å²) in [5.41, 5.74) is 10.2. The van der Waals surface area contributed by atoms with Crippen LogP contribution in [0.25, 0.3) is 0 Å². The van der Waals surface area contributed by atoms with Crippen molar-refractivity contribution in [1.29, 1.82) is 0 Å². The van der Waals surface area contributed by atoms with Gasteiger partial charge in [0.25, 0.3) is 11.6 Å². The average Bonchev–Trinajstić information content (AvgIpc) is 3.20. The number of non-ortho nitro benzene ring substituents is 1. The number of carbonyl (C=O) groups excluding carboxylic acids is 1. The molecule has 13 nitrogen and oxygen atoms in total. The minimum absolute atomic E-state index is 0. The largest absolute Gasteiger partial charge is 1.00 e. The van der Waals surface area contributed by atoms with Gasteiger partial charge in [-0.1, -0.05) is 51.5 Å². The Hall–Kier alpha value is -5.52.